The first-order valence-corrected chi connectivity index (χ1v) is 4.76. The van der Waals surface area contributed by atoms with Crippen LogP contribution in [0.5, 0.6) is 0 Å². The highest BCUT2D eigenvalue weighted by atomic mass is 35.5. The molecular weight excluding hydrogens is 275 g/mol. The zero-order chi connectivity index (χ0) is 11.8. The van der Waals surface area contributed by atoms with E-state index >= 15 is 0 Å². The van der Waals surface area contributed by atoms with Gasteiger partial charge in [-0.1, -0.05) is 34.8 Å². The molecule has 15 heavy (non-hydrogen) atoms. The second kappa shape index (κ2) is 4.37. The Kier molecular flexibility index (Phi) is 3.76. The molecule has 0 aliphatic carbocycles. The normalized spacial score (nSPS) is 14.1. The number of benzene rings is 1. The van der Waals surface area contributed by atoms with E-state index in [1.807, 2.05) is 0 Å². The largest absolute Gasteiger partial charge is 0.418 e. The molecule has 1 N–H and O–H groups in total. The van der Waals surface area contributed by atoms with E-state index in [1.165, 1.54) is 0 Å². The van der Waals surface area contributed by atoms with Gasteiger partial charge < -0.3 is 5.11 Å². The summed E-state index contributed by atoms with van der Waals surface area (Å²) in [6, 6.07) is 2.17. The molecule has 1 unspecified atom stereocenters. The molecular formula is C8H4Cl3F3O. The molecule has 0 aliphatic rings. The molecule has 0 aliphatic heterocycles. The third-order valence-corrected chi connectivity index (χ3v) is 2.47. The monoisotopic (exact) mass is 278 g/mol. The Morgan fingerprint density at radius 1 is 1.07 bits per heavy atom. The summed E-state index contributed by atoms with van der Waals surface area (Å²) in [6.45, 7) is 0. The van der Waals surface area contributed by atoms with E-state index < -0.39 is 17.8 Å². The van der Waals surface area contributed by atoms with Crippen molar-refractivity contribution in [1.29, 1.82) is 0 Å². The van der Waals surface area contributed by atoms with E-state index in [1.54, 1.807) is 0 Å². The highest BCUT2D eigenvalue weighted by Gasteiger charge is 2.41. The van der Waals surface area contributed by atoms with Gasteiger partial charge in [-0.2, -0.15) is 13.2 Å². The number of hydrogen-bond donors (Lipinski definition) is 1. The first kappa shape index (κ1) is 12.9. The van der Waals surface area contributed by atoms with E-state index in [4.69, 9.17) is 39.9 Å². The molecule has 1 nitrogen and oxygen atoms in total. The fourth-order valence-electron chi connectivity index (χ4n) is 0.978. The predicted octanol–water partition coefficient (Wildman–Crippen LogP) is 4.24. The lowest BCUT2D eigenvalue weighted by atomic mass is 10.1. The molecule has 1 aromatic carbocycles. The molecule has 0 bridgehead atoms. The molecule has 0 amide bonds. The van der Waals surface area contributed by atoms with Crippen molar-refractivity contribution < 1.29 is 18.3 Å². The number of alkyl halides is 3. The number of rotatable bonds is 1. The van der Waals surface area contributed by atoms with Crippen LogP contribution in [-0.2, 0) is 0 Å². The summed E-state index contributed by atoms with van der Waals surface area (Å²) < 4.78 is 36.6. The number of halogens is 6. The Balaban J connectivity index is 3.26. The number of aliphatic hydroxyl groups is 1. The van der Waals surface area contributed by atoms with Crippen LogP contribution < -0.4 is 0 Å². The standard InChI is InChI=1S/C8H4Cl3F3O/c9-3-1-4(10)6(5(11)2-3)7(15)8(12,13)14/h1-2,7,15H. The first-order chi connectivity index (χ1) is 6.73. The molecule has 0 radical (unpaired) electrons. The summed E-state index contributed by atoms with van der Waals surface area (Å²) in [5, 5.41) is 8.43. The van der Waals surface area contributed by atoms with Crippen LogP contribution in [-0.4, -0.2) is 11.3 Å². The van der Waals surface area contributed by atoms with E-state index in [-0.39, 0.29) is 15.1 Å². The Morgan fingerprint density at radius 3 is 1.80 bits per heavy atom. The predicted molar refractivity (Wildman–Crippen MR) is 52.5 cm³/mol. The van der Waals surface area contributed by atoms with Crippen LogP contribution in [0.15, 0.2) is 12.1 Å². The minimum absolute atomic E-state index is 0.100. The zero-order valence-electron chi connectivity index (χ0n) is 6.95. The maximum absolute atomic E-state index is 12.2. The molecule has 0 spiro atoms. The molecule has 0 heterocycles. The van der Waals surface area contributed by atoms with Gasteiger partial charge in [0.05, 0.1) is 0 Å². The average molecular weight is 279 g/mol. The van der Waals surface area contributed by atoms with E-state index in [2.05, 4.69) is 0 Å². The van der Waals surface area contributed by atoms with Gasteiger partial charge in [0.15, 0.2) is 6.10 Å². The van der Waals surface area contributed by atoms with Crippen molar-refractivity contribution in [1.82, 2.24) is 0 Å². The fourth-order valence-corrected chi connectivity index (χ4v) is 2.00. The Morgan fingerprint density at radius 2 is 1.47 bits per heavy atom. The molecule has 1 atom stereocenters. The quantitative estimate of drug-likeness (QED) is 0.815. The summed E-state index contributed by atoms with van der Waals surface area (Å²) in [7, 11) is 0. The van der Waals surface area contributed by atoms with Crippen LogP contribution in [0.2, 0.25) is 15.1 Å². The van der Waals surface area contributed by atoms with Crippen molar-refractivity contribution in [3.63, 3.8) is 0 Å². The van der Waals surface area contributed by atoms with Crippen LogP contribution in [0.3, 0.4) is 0 Å². The second-order valence-corrected chi connectivity index (χ2v) is 3.98. The maximum atomic E-state index is 12.2. The van der Waals surface area contributed by atoms with Gasteiger partial charge in [-0.05, 0) is 12.1 Å². The minimum Gasteiger partial charge on any atom is -0.379 e. The van der Waals surface area contributed by atoms with Crippen LogP contribution >= 0.6 is 34.8 Å². The minimum atomic E-state index is -4.82. The summed E-state index contributed by atoms with van der Waals surface area (Å²) in [5.41, 5.74) is -0.588. The molecule has 0 saturated heterocycles. The molecule has 0 fully saturated rings. The topological polar surface area (TPSA) is 20.2 Å². The van der Waals surface area contributed by atoms with Gasteiger partial charge in [-0.3, -0.25) is 0 Å². The second-order valence-electron chi connectivity index (χ2n) is 2.73. The first-order valence-electron chi connectivity index (χ1n) is 3.62. The highest BCUT2D eigenvalue weighted by Crippen LogP contribution is 2.40. The summed E-state index contributed by atoms with van der Waals surface area (Å²) in [5.74, 6) is 0. The van der Waals surface area contributed by atoms with Gasteiger partial charge in [0.25, 0.3) is 0 Å². The SMILES string of the molecule is OC(c1c(Cl)cc(Cl)cc1Cl)C(F)(F)F. The van der Waals surface area contributed by atoms with E-state index in [0.29, 0.717) is 0 Å². The number of hydrogen-bond acceptors (Lipinski definition) is 1. The molecule has 0 aromatic heterocycles. The lowest BCUT2D eigenvalue weighted by Crippen LogP contribution is -2.20. The van der Waals surface area contributed by atoms with Crippen LogP contribution in [0.4, 0.5) is 13.2 Å². The van der Waals surface area contributed by atoms with Gasteiger partial charge in [-0.15, -0.1) is 0 Å². The van der Waals surface area contributed by atoms with Crippen molar-refractivity contribution in [3.8, 4) is 0 Å². The molecule has 0 saturated carbocycles. The van der Waals surface area contributed by atoms with Crippen molar-refractivity contribution in [2.45, 2.75) is 12.3 Å². The van der Waals surface area contributed by atoms with Crippen molar-refractivity contribution in [2.24, 2.45) is 0 Å². The van der Waals surface area contributed by atoms with Crippen molar-refractivity contribution in [3.05, 3.63) is 32.8 Å². The van der Waals surface area contributed by atoms with Gasteiger partial charge in [0.1, 0.15) is 0 Å². The van der Waals surface area contributed by atoms with Gasteiger partial charge in [0.2, 0.25) is 0 Å². The maximum Gasteiger partial charge on any atom is 0.418 e. The Bertz CT molecular complexity index is 355. The van der Waals surface area contributed by atoms with E-state index in [0.717, 1.165) is 12.1 Å². The fraction of sp³-hybridized carbons (Fsp3) is 0.250. The smallest absolute Gasteiger partial charge is 0.379 e. The summed E-state index contributed by atoms with van der Waals surface area (Å²) in [4.78, 5) is 0. The Hall–Kier alpha value is -0.160. The lowest BCUT2D eigenvalue weighted by molar-refractivity contribution is -0.206. The van der Waals surface area contributed by atoms with E-state index in [9.17, 15) is 13.2 Å². The Labute approximate surface area is 98.4 Å². The van der Waals surface area contributed by atoms with Crippen LogP contribution in [0.1, 0.15) is 11.7 Å². The van der Waals surface area contributed by atoms with Gasteiger partial charge in [-0.25, -0.2) is 0 Å². The van der Waals surface area contributed by atoms with Gasteiger partial charge >= 0.3 is 6.18 Å². The number of aliphatic hydroxyl groups excluding tert-OH is 1. The molecule has 7 heteroatoms. The third kappa shape index (κ3) is 2.91. The van der Waals surface area contributed by atoms with Crippen molar-refractivity contribution >= 4 is 34.8 Å². The summed E-state index contributed by atoms with van der Waals surface area (Å²) >= 11 is 16.5. The molecule has 1 rings (SSSR count). The molecule has 1 aromatic rings. The lowest BCUT2D eigenvalue weighted by Gasteiger charge is -2.17. The molecule has 84 valence electrons. The third-order valence-electron chi connectivity index (χ3n) is 1.63. The summed E-state index contributed by atoms with van der Waals surface area (Å²) in [6.07, 6.45) is -7.53. The van der Waals surface area contributed by atoms with Crippen LogP contribution in [0.25, 0.3) is 0 Å². The van der Waals surface area contributed by atoms with Crippen molar-refractivity contribution in [2.75, 3.05) is 0 Å². The average Bonchev–Trinajstić information content (AvgIpc) is 1.99. The zero-order valence-corrected chi connectivity index (χ0v) is 9.21. The highest BCUT2D eigenvalue weighted by molar-refractivity contribution is 6.39. The van der Waals surface area contributed by atoms with Crippen LogP contribution in [0, 0.1) is 0 Å². The van der Waals surface area contributed by atoms with Gasteiger partial charge in [0, 0.05) is 20.6 Å².